The molecule has 1 heteroatoms. The van der Waals surface area contributed by atoms with Crippen LogP contribution in [0.4, 0.5) is 0 Å². The molecule has 3 radical (unpaired) electrons. The predicted octanol–water partition coefficient (Wildman–Crippen LogP) is 0.968. The van der Waals surface area contributed by atoms with Crippen molar-refractivity contribution in [2.45, 2.75) is 0 Å². The van der Waals surface area contributed by atoms with E-state index in [1.165, 1.54) is 0 Å². The summed E-state index contributed by atoms with van der Waals surface area (Å²) in [6.07, 6.45) is 10.6. The SMILES string of the molecule is [Si]C1=CC=CC=[C+]1. The highest BCUT2D eigenvalue weighted by Crippen LogP contribution is 1.95. The van der Waals surface area contributed by atoms with Crippen LogP contribution in [0.5, 0.6) is 0 Å². The molecule has 0 bridgehead atoms. The molecular weight excluding hydrogens is 100 g/mol. The standard InChI is InChI=1S/C6H4Si/c7-6-4-2-1-3-5-6/h1-4H/q+1. The molecule has 0 aromatic carbocycles. The third-order valence-electron chi connectivity index (χ3n) is 0.709. The van der Waals surface area contributed by atoms with Gasteiger partial charge in [-0.1, -0.05) is 0 Å². The summed E-state index contributed by atoms with van der Waals surface area (Å²) in [6.45, 7) is 0. The second-order valence-corrected chi connectivity index (χ2v) is 1.81. The Labute approximate surface area is 46.7 Å². The monoisotopic (exact) mass is 104 g/mol. The Morgan fingerprint density at radius 2 is 2.29 bits per heavy atom. The zero-order valence-electron chi connectivity index (χ0n) is 3.81. The van der Waals surface area contributed by atoms with E-state index < -0.39 is 0 Å². The van der Waals surface area contributed by atoms with Crippen molar-refractivity contribution in [1.82, 2.24) is 0 Å². The third kappa shape index (κ3) is 1.11. The van der Waals surface area contributed by atoms with Gasteiger partial charge in [-0.05, 0) is 0 Å². The second kappa shape index (κ2) is 1.87. The van der Waals surface area contributed by atoms with E-state index in [0.29, 0.717) is 0 Å². The Hall–Kier alpha value is -0.653. The Morgan fingerprint density at radius 3 is 2.57 bits per heavy atom. The van der Waals surface area contributed by atoms with Gasteiger partial charge in [-0.15, -0.1) is 0 Å². The average Bonchev–Trinajstić information content (AvgIpc) is 1.69. The largest absolute Gasteiger partial charge is 0.126 e. The Bertz CT molecular complexity index is 140. The molecule has 1 aliphatic rings. The molecule has 0 atom stereocenters. The van der Waals surface area contributed by atoms with Crippen molar-refractivity contribution in [2.75, 3.05) is 0 Å². The fourth-order valence-electron chi connectivity index (χ4n) is 0.393. The molecule has 0 N–H and O–H groups in total. The first kappa shape index (κ1) is 4.50. The van der Waals surface area contributed by atoms with Crippen molar-refractivity contribution in [3.05, 3.63) is 35.6 Å². The minimum absolute atomic E-state index is 1.00. The molecule has 0 fully saturated rings. The fraction of sp³-hybridized carbons (Fsp3) is 0. The zero-order valence-corrected chi connectivity index (χ0v) is 4.81. The van der Waals surface area contributed by atoms with E-state index in [0.717, 1.165) is 5.20 Å². The molecule has 1 aliphatic carbocycles. The van der Waals surface area contributed by atoms with Gasteiger partial charge >= 0.3 is 0 Å². The minimum Gasteiger partial charge on any atom is 0.0366 e. The third-order valence-corrected chi connectivity index (χ3v) is 1.02. The van der Waals surface area contributed by atoms with Crippen molar-refractivity contribution < 1.29 is 0 Å². The van der Waals surface area contributed by atoms with Gasteiger partial charge in [0.2, 0.25) is 0 Å². The summed E-state index contributed by atoms with van der Waals surface area (Å²) in [7, 11) is 3.30. The zero-order chi connectivity index (χ0) is 5.11. The van der Waals surface area contributed by atoms with Crippen molar-refractivity contribution >= 4 is 10.2 Å². The van der Waals surface area contributed by atoms with Gasteiger partial charge in [0.05, 0.1) is 5.20 Å². The van der Waals surface area contributed by atoms with Gasteiger partial charge in [-0.25, -0.2) is 0 Å². The summed E-state index contributed by atoms with van der Waals surface area (Å²) in [6, 6.07) is 0. The lowest BCUT2D eigenvalue weighted by atomic mass is 10.3. The van der Waals surface area contributed by atoms with Crippen molar-refractivity contribution in [2.24, 2.45) is 0 Å². The highest BCUT2D eigenvalue weighted by atomic mass is 28.1. The van der Waals surface area contributed by atoms with Crippen LogP contribution in [0.2, 0.25) is 0 Å². The van der Waals surface area contributed by atoms with Gasteiger partial charge in [0.15, 0.2) is 0 Å². The van der Waals surface area contributed by atoms with Gasteiger partial charge in [0, 0.05) is 24.3 Å². The Balaban J connectivity index is 2.82. The maximum Gasteiger partial charge on any atom is 0.126 e. The molecule has 0 spiro atoms. The molecule has 0 saturated heterocycles. The van der Waals surface area contributed by atoms with Crippen LogP contribution in [0.25, 0.3) is 0 Å². The van der Waals surface area contributed by atoms with Crippen molar-refractivity contribution in [3.63, 3.8) is 0 Å². The van der Waals surface area contributed by atoms with Crippen molar-refractivity contribution in [1.29, 1.82) is 0 Å². The van der Waals surface area contributed by atoms with Crippen molar-refractivity contribution in [3.8, 4) is 0 Å². The lowest BCUT2D eigenvalue weighted by Crippen LogP contribution is -1.76. The molecule has 0 aromatic heterocycles. The predicted molar refractivity (Wildman–Crippen MR) is 30.8 cm³/mol. The molecule has 7 heavy (non-hydrogen) atoms. The maximum atomic E-state index is 3.30. The molecule has 0 unspecified atom stereocenters. The van der Waals surface area contributed by atoms with Crippen LogP contribution in [0, 0.1) is 6.08 Å². The molecule has 1 rings (SSSR count). The first-order valence-electron chi connectivity index (χ1n) is 2.08. The van der Waals surface area contributed by atoms with Crippen LogP contribution in [0.3, 0.4) is 0 Å². The summed E-state index contributed by atoms with van der Waals surface area (Å²) >= 11 is 0. The summed E-state index contributed by atoms with van der Waals surface area (Å²) in [5, 5.41) is 1.00. The van der Waals surface area contributed by atoms with E-state index in [1.54, 1.807) is 0 Å². The highest BCUT2D eigenvalue weighted by Gasteiger charge is 1.91. The Morgan fingerprint density at radius 1 is 1.43 bits per heavy atom. The van der Waals surface area contributed by atoms with Gasteiger partial charge in [-0.2, -0.15) is 0 Å². The van der Waals surface area contributed by atoms with Gasteiger partial charge in [0.25, 0.3) is 0 Å². The highest BCUT2D eigenvalue weighted by molar-refractivity contribution is 6.23. The van der Waals surface area contributed by atoms with Gasteiger partial charge < -0.3 is 0 Å². The summed E-state index contributed by atoms with van der Waals surface area (Å²) < 4.78 is 0. The molecule has 31 valence electrons. The quantitative estimate of drug-likeness (QED) is 0.317. The van der Waals surface area contributed by atoms with Gasteiger partial charge in [-0.3, -0.25) is 0 Å². The minimum atomic E-state index is 1.00. The molecular formula is C6H4Si+. The van der Waals surface area contributed by atoms with E-state index >= 15 is 0 Å². The first-order valence-corrected chi connectivity index (χ1v) is 2.58. The average molecular weight is 104 g/mol. The number of hydrogen-bond acceptors (Lipinski definition) is 0. The van der Waals surface area contributed by atoms with E-state index in [1.807, 2.05) is 24.3 Å². The molecule has 0 aromatic rings. The Kier molecular flexibility index (Phi) is 1.20. The van der Waals surface area contributed by atoms with Crippen LogP contribution in [-0.2, 0) is 0 Å². The van der Waals surface area contributed by atoms with E-state index in [4.69, 9.17) is 0 Å². The maximum absolute atomic E-state index is 3.30. The topological polar surface area (TPSA) is 0 Å². The first-order chi connectivity index (χ1) is 3.39. The summed E-state index contributed by atoms with van der Waals surface area (Å²) in [5.41, 5.74) is 0. The molecule has 0 aliphatic heterocycles. The normalized spacial score (nSPS) is 15.9. The van der Waals surface area contributed by atoms with Gasteiger partial charge in [0.1, 0.15) is 16.3 Å². The smallest absolute Gasteiger partial charge is 0.0366 e. The molecule has 0 nitrogen and oxygen atoms in total. The molecule has 0 heterocycles. The van der Waals surface area contributed by atoms with E-state index in [-0.39, 0.29) is 0 Å². The number of allylic oxidation sites excluding steroid dienone is 6. The number of rotatable bonds is 0. The number of hydrogen-bond donors (Lipinski definition) is 0. The second-order valence-electron chi connectivity index (χ2n) is 1.28. The fourth-order valence-corrected chi connectivity index (χ4v) is 0.573. The molecule has 0 saturated carbocycles. The molecule has 0 amide bonds. The van der Waals surface area contributed by atoms with E-state index in [2.05, 4.69) is 16.3 Å². The summed E-state index contributed by atoms with van der Waals surface area (Å²) in [4.78, 5) is 0. The van der Waals surface area contributed by atoms with Crippen LogP contribution in [-0.4, -0.2) is 10.2 Å². The van der Waals surface area contributed by atoms with Crippen LogP contribution < -0.4 is 0 Å². The van der Waals surface area contributed by atoms with E-state index in [9.17, 15) is 0 Å². The lowest BCUT2D eigenvalue weighted by Gasteiger charge is -1.76. The lowest BCUT2D eigenvalue weighted by molar-refractivity contribution is 1.70. The van der Waals surface area contributed by atoms with Crippen LogP contribution >= 0.6 is 0 Å². The van der Waals surface area contributed by atoms with Crippen LogP contribution in [0.1, 0.15) is 0 Å². The summed E-state index contributed by atoms with van der Waals surface area (Å²) in [5.74, 6) is 0. The van der Waals surface area contributed by atoms with Crippen LogP contribution in [0.15, 0.2) is 29.5 Å².